The topological polar surface area (TPSA) is 108 Å². The number of anilines is 1. The number of imidazole rings is 1. The zero-order valence-electron chi connectivity index (χ0n) is 10.0. The van der Waals surface area contributed by atoms with E-state index in [4.69, 9.17) is 15.2 Å². The van der Waals surface area contributed by atoms with Gasteiger partial charge in [0.25, 0.3) is 0 Å². The molecule has 0 unspecified atom stereocenters. The van der Waals surface area contributed by atoms with Gasteiger partial charge in [-0.25, -0.2) is 15.0 Å². The summed E-state index contributed by atoms with van der Waals surface area (Å²) in [6, 6.07) is 0. The molecule has 2 aliphatic heterocycles. The lowest BCUT2D eigenvalue weighted by molar-refractivity contribution is -0.0459. The van der Waals surface area contributed by atoms with E-state index < -0.39 is 6.10 Å². The molecule has 4 rings (SSSR count). The van der Waals surface area contributed by atoms with Crippen molar-refractivity contribution in [1.82, 2.24) is 19.5 Å². The van der Waals surface area contributed by atoms with Crippen molar-refractivity contribution >= 4 is 17.0 Å². The van der Waals surface area contributed by atoms with Crippen LogP contribution in [-0.2, 0) is 9.47 Å². The summed E-state index contributed by atoms with van der Waals surface area (Å²) >= 11 is 0. The lowest BCUT2D eigenvalue weighted by atomic mass is 10.1. The van der Waals surface area contributed by atoms with E-state index in [0.29, 0.717) is 30.0 Å². The molecule has 2 aromatic rings. The summed E-state index contributed by atoms with van der Waals surface area (Å²) in [7, 11) is 0. The van der Waals surface area contributed by atoms with E-state index in [2.05, 4.69) is 15.0 Å². The monoisotopic (exact) mass is 263 g/mol. The standard InChI is InChI=1S/C11H13N5O3/c12-10-8-11(14-3-13-10)16(4-15-8)7-1-6-9(19-7)5(17)2-18-6/h3-7,9,17H,1-2H2,(H2,12,13,14)/t5-,6-,7-,9-/m1/s1. The van der Waals surface area contributed by atoms with Gasteiger partial charge < -0.3 is 20.3 Å². The highest BCUT2D eigenvalue weighted by molar-refractivity contribution is 5.81. The summed E-state index contributed by atoms with van der Waals surface area (Å²) in [5, 5.41) is 9.75. The van der Waals surface area contributed by atoms with Crippen molar-refractivity contribution < 1.29 is 14.6 Å². The fourth-order valence-corrected chi connectivity index (χ4v) is 2.74. The third-order valence-corrected chi connectivity index (χ3v) is 3.67. The van der Waals surface area contributed by atoms with Crippen molar-refractivity contribution in [2.75, 3.05) is 12.3 Å². The molecule has 8 nitrogen and oxygen atoms in total. The van der Waals surface area contributed by atoms with E-state index in [0.717, 1.165) is 0 Å². The Morgan fingerprint density at radius 3 is 3.11 bits per heavy atom. The van der Waals surface area contributed by atoms with Crippen molar-refractivity contribution in [2.24, 2.45) is 0 Å². The molecular weight excluding hydrogens is 250 g/mol. The molecule has 0 aromatic carbocycles. The van der Waals surface area contributed by atoms with E-state index in [9.17, 15) is 5.11 Å². The van der Waals surface area contributed by atoms with Crippen LogP contribution in [0.1, 0.15) is 12.6 Å². The maximum Gasteiger partial charge on any atom is 0.167 e. The summed E-state index contributed by atoms with van der Waals surface area (Å²) in [5.41, 5.74) is 6.94. The molecule has 2 saturated heterocycles. The Balaban J connectivity index is 1.71. The van der Waals surface area contributed by atoms with Gasteiger partial charge in [0.2, 0.25) is 0 Å². The molecule has 0 aliphatic carbocycles. The van der Waals surface area contributed by atoms with Crippen LogP contribution in [0.3, 0.4) is 0 Å². The van der Waals surface area contributed by atoms with E-state index in [1.807, 2.05) is 4.57 Å². The average Bonchev–Trinajstić information content (AvgIpc) is 3.05. The molecule has 2 aliphatic rings. The van der Waals surface area contributed by atoms with Gasteiger partial charge in [0.15, 0.2) is 11.5 Å². The molecule has 0 amide bonds. The van der Waals surface area contributed by atoms with Crippen LogP contribution in [0.4, 0.5) is 5.82 Å². The fraction of sp³-hybridized carbons (Fsp3) is 0.545. The van der Waals surface area contributed by atoms with Crippen LogP contribution in [0.25, 0.3) is 11.2 Å². The normalized spacial score (nSPS) is 33.9. The Bertz CT molecular complexity index is 630. The third-order valence-electron chi connectivity index (χ3n) is 3.67. The van der Waals surface area contributed by atoms with Gasteiger partial charge in [-0.1, -0.05) is 0 Å². The first-order valence-electron chi connectivity index (χ1n) is 6.12. The van der Waals surface area contributed by atoms with Crippen molar-refractivity contribution in [1.29, 1.82) is 0 Å². The van der Waals surface area contributed by atoms with Crippen molar-refractivity contribution in [2.45, 2.75) is 31.0 Å². The highest BCUT2D eigenvalue weighted by Crippen LogP contribution is 2.37. The molecule has 0 radical (unpaired) electrons. The first-order chi connectivity index (χ1) is 9.24. The van der Waals surface area contributed by atoms with Gasteiger partial charge >= 0.3 is 0 Å². The molecule has 8 heteroatoms. The van der Waals surface area contributed by atoms with Gasteiger partial charge in [-0.3, -0.25) is 4.57 Å². The first kappa shape index (κ1) is 11.1. The zero-order chi connectivity index (χ0) is 13.0. The second-order valence-electron chi connectivity index (χ2n) is 4.81. The number of hydrogen-bond acceptors (Lipinski definition) is 7. The van der Waals surface area contributed by atoms with Crippen LogP contribution in [0, 0.1) is 0 Å². The number of rotatable bonds is 1. The van der Waals surface area contributed by atoms with Gasteiger partial charge in [-0.2, -0.15) is 0 Å². The minimum Gasteiger partial charge on any atom is -0.388 e. The second-order valence-corrected chi connectivity index (χ2v) is 4.81. The highest BCUT2D eigenvalue weighted by Gasteiger charge is 2.46. The fourth-order valence-electron chi connectivity index (χ4n) is 2.74. The van der Waals surface area contributed by atoms with Crippen LogP contribution in [0.5, 0.6) is 0 Å². The van der Waals surface area contributed by atoms with Crippen LogP contribution in [0.2, 0.25) is 0 Å². The molecule has 3 N–H and O–H groups in total. The van der Waals surface area contributed by atoms with E-state index >= 15 is 0 Å². The number of aliphatic hydroxyl groups is 1. The number of nitrogens with zero attached hydrogens (tertiary/aromatic N) is 4. The smallest absolute Gasteiger partial charge is 0.167 e. The maximum absolute atomic E-state index is 9.75. The summed E-state index contributed by atoms with van der Waals surface area (Å²) < 4.78 is 13.1. The molecule has 100 valence electrons. The van der Waals surface area contributed by atoms with Gasteiger partial charge in [-0.15, -0.1) is 0 Å². The lowest BCUT2D eigenvalue weighted by Crippen LogP contribution is -2.27. The summed E-state index contributed by atoms with van der Waals surface area (Å²) in [5.74, 6) is 0.346. The number of aromatic nitrogens is 4. The van der Waals surface area contributed by atoms with Crippen LogP contribution < -0.4 is 5.73 Å². The van der Waals surface area contributed by atoms with Crippen molar-refractivity contribution in [3.63, 3.8) is 0 Å². The Morgan fingerprint density at radius 2 is 2.26 bits per heavy atom. The quantitative estimate of drug-likeness (QED) is 0.711. The largest absolute Gasteiger partial charge is 0.388 e. The average molecular weight is 263 g/mol. The molecule has 2 aromatic heterocycles. The minimum absolute atomic E-state index is 0.0726. The molecule has 0 bridgehead atoms. The zero-order valence-corrected chi connectivity index (χ0v) is 10.0. The SMILES string of the molecule is Nc1ncnc2c1ncn2[C@H]1C[C@H]2OC[C@@H](O)[C@H]2O1. The van der Waals surface area contributed by atoms with Crippen LogP contribution >= 0.6 is 0 Å². The van der Waals surface area contributed by atoms with E-state index in [1.54, 1.807) is 6.33 Å². The number of aliphatic hydroxyl groups excluding tert-OH is 1. The van der Waals surface area contributed by atoms with Gasteiger partial charge in [0.05, 0.1) is 19.0 Å². The van der Waals surface area contributed by atoms with Crippen LogP contribution in [-0.4, -0.2) is 49.5 Å². The van der Waals surface area contributed by atoms with E-state index in [1.165, 1.54) is 6.33 Å². The highest BCUT2D eigenvalue weighted by atomic mass is 16.6. The van der Waals surface area contributed by atoms with Crippen molar-refractivity contribution in [3.8, 4) is 0 Å². The second kappa shape index (κ2) is 3.86. The minimum atomic E-state index is -0.565. The maximum atomic E-state index is 9.75. The van der Waals surface area contributed by atoms with Crippen LogP contribution in [0.15, 0.2) is 12.7 Å². The third kappa shape index (κ3) is 1.54. The summed E-state index contributed by atoms with van der Waals surface area (Å²) in [6.07, 6.45) is 2.54. The predicted octanol–water partition coefficient (Wildman–Crippen LogP) is -0.544. The van der Waals surface area contributed by atoms with Gasteiger partial charge in [0.1, 0.15) is 30.3 Å². The summed E-state index contributed by atoms with van der Waals surface area (Å²) in [4.78, 5) is 12.3. The molecule has 19 heavy (non-hydrogen) atoms. The molecule has 4 atom stereocenters. The Labute approximate surface area is 108 Å². The number of hydrogen-bond donors (Lipinski definition) is 2. The lowest BCUT2D eigenvalue weighted by Gasteiger charge is -2.15. The van der Waals surface area contributed by atoms with Gasteiger partial charge in [0, 0.05) is 6.42 Å². The molecular formula is C11H13N5O3. The molecule has 0 saturated carbocycles. The Morgan fingerprint density at radius 1 is 1.37 bits per heavy atom. The molecule has 4 heterocycles. The Kier molecular flexibility index (Phi) is 2.25. The van der Waals surface area contributed by atoms with Gasteiger partial charge in [-0.05, 0) is 0 Å². The number of fused-ring (bicyclic) bond motifs is 2. The number of nitrogens with two attached hydrogens (primary N) is 1. The Hall–Kier alpha value is -1.77. The predicted molar refractivity (Wildman–Crippen MR) is 64.0 cm³/mol. The number of ether oxygens (including phenoxy) is 2. The first-order valence-corrected chi connectivity index (χ1v) is 6.12. The summed E-state index contributed by atoms with van der Waals surface area (Å²) in [6.45, 7) is 0.335. The molecule has 2 fully saturated rings. The van der Waals surface area contributed by atoms with E-state index in [-0.39, 0.29) is 18.4 Å². The van der Waals surface area contributed by atoms with Crippen molar-refractivity contribution in [3.05, 3.63) is 12.7 Å². The number of nitrogen functional groups attached to an aromatic ring is 1. The molecule has 0 spiro atoms.